The summed E-state index contributed by atoms with van der Waals surface area (Å²) < 4.78 is 0. The molecular weight excluding hydrogens is 276 g/mol. The van der Waals surface area contributed by atoms with E-state index < -0.39 is 5.97 Å². The Balaban J connectivity index is 2.08. The first-order valence-corrected chi connectivity index (χ1v) is 7.55. The molecular formula is C18H20N2O2. The highest BCUT2D eigenvalue weighted by Gasteiger charge is 2.22. The van der Waals surface area contributed by atoms with E-state index >= 15 is 0 Å². The van der Waals surface area contributed by atoms with E-state index in [9.17, 15) is 9.90 Å². The molecule has 114 valence electrons. The second-order valence-corrected chi connectivity index (χ2v) is 5.61. The predicted molar refractivity (Wildman–Crippen MR) is 87.4 cm³/mol. The van der Waals surface area contributed by atoms with Crippen LogP contribution in [0.15, 0.2) is 53.3 Å². The van der Waals surface area contributed by atoms with Gasteiger partial charge in [0.1, 0.15) is 0 Å². The predicted octanol–water partition coefficient (Wildman–Crippen LogP) is 2.24. The summed E-state index contributed by atoms with van der Waals surface area (Å²) in [4.78, 5) is 11.6. The lowest BCUT2D eigenvalue weighted by Gasteiger charge is -2.24. The van der Waals surface area contributed by atoms with E-state index in [1.807, 2.05) is 37.3 Å². The number of aryl methyl sites for hydroxylation is 1. The Bertz CT molecular complexity index is 699. The summed E-state index contributed by atoms with van der Waals surface area (Å²) in [5.41, 5.74) is 5.63. The van der Waals surface area contributed by atoms with Gasteiger partial charge in [-0.05, 0) is 48.2 Å². The van der Waals surface area contributed by atoms with Crippen LogP contribution in [0.5, 0.6) is 0 Å². The standard InChI is InChI=1S/C18H20N2O2/c1-12-4-2-3-5-14(12)15-10-17(13-6-8-19-9-7-13)20-11-16(15)18(21)22/h2-6,10,19-20H,7-9,11H2,1H3,(H,21,22). The van der Waals surface area contributed by atoms with Gasteiger partial charge in [-0.2, -0.15) is 0 Å². The van der Waals surface area contributed by atoms with Crippen molar-refractivity contribution in [2.45, 2.75) is 13.3 Å². The molecule has 0 aromatic heterocycles. The van der Waals surface area contributed by atoms with Crippen LogP contribution in [0.25, 0.3) is 5.57 Å². The molecule has 2 aliphatic heterocycles. The van der Waals surface area contributed by atoms with Crippen molar-refractivity contribution in [1.82, 2.24) is 10.6 Å². The molecule has 2 heterocycles. The molecule has 0 amide bonds. The molecule has 3 N–H and O–H groups in total. The number of carbonyl (C=O) groups is 1. The van der Waals surface area contributed by atoms with Crippen LogP contribution in [0.1, 0.15) is 17.5 Å². The third kappa shape index (κ3) is 2.83. The van der Waals surface area contributed by atoms with Crippen LogP contribution in [0, 0.1) is 6.92 Å². The maximum Gasteiger partial charge on any atom is 0.334 e. The number of aliphatic carboxylic acids is 1. The van der Waals surface area contributed by atoms with Gasteiger partial charge in [0, 0.05) is 18.8 Å². The summed E-state index contributed by atoms with van der Waals surface area (Å²) in [6.45, 7) is 4.19. The lowest BCUT2D eigenvalue weighted by Crippen LogP contribution is -2.29. The van der Waals surface area contributed by atoms with E-state index in [1.54, 1.807) is 0 Å². The molecule has 4 nitrogen and oxygen atoms in total. The van der Waals surface area contributed by atoms with Crippen molar-refractivity contribution in [2.75, 3.05) is 19.6 Å². The van der Waals surface area contributed by atoms with Gasteiger partial charge >= 0.3 is 5.97 Å². The number of rotatable bonds is 3. The highest BCUT2D eigenvalue weighted by atomic mass is 16.4. The third-order valence-electron chi connectivity index (χ3n) is 4.17. The van der Waals surface area contributed by atoms with E-state index in [4.69, 9.17) is 0 Å². The molecule has 0 fully saturated rings. The number of nitrogens with one attached hydrogen (secondary N) is 2. The minimum Gasteiger partial charge on any atom is -0.478 e. The molecule has 0 radical (unpaired) electrons. The van der Waals surface area contributed by atoms with Gasteiger partial charge in [0.05, 0.1) is 5.57 Å². The molecule has 3 rings (SSSR count). The van der Waals surface area contributed by atoms with E-state index in [2.05, 4.69) is 16.7 Å². The van der Waals surface area contributed by atoms with Crippen molar-refractivity contribution >= 4 is 11.5 Å². The molecule has 4 heteroatoms. The Hall–Kier alpha value is -2.33. The molecule has 1 aromatic carbocycles. The average molecular weight is 296 g/mol. The first kappa shape index (κ1) is 14.6. The number of hydrogen-bond acceptors (Lipinski definition) is 3. The number of benzene rings is 1. The van der Waals surface area contributed by atoms with Gasteiger partial charge in [-0.25, -0.2) is 4.79 Å². The van der Waals surface area contributed by atoms with Gasteiger partial charge in [-0.15, -0.1) is 0 Å². The highest BCUT2D eigenvalue weighted by molar-refractivity contribution is 6.01. The van der Waals surface area contributed by atoms with Crippen molar-refractivity contribution in [3.05, 3.63) is 64.4 Å². The van der Waals surface area contributed by atoms with Gasteiger partial charge in [-0.3, -0.25) is 0 Å². The minimum atomic E-state index is -0.861. The molecule has 0 saturated heterocycles. The van der Waals surface area contributed by atoms with E-state index in [-0.39, 0.29) is 0 Å². The number of allylic oxidation sites excluding steroid dienone is 3. The number of dihydropyridines is 1. The highest BCUT2D eigenvalue weighted by Crippen LogP contribution is 2.29. The maximum absolute atomic E-state index is 11.6. The summed E-state index contributed by atoms with van der Waals surface area (Å²) in [7, 11) is 0. The van der Waals surface area contributed by atoms with E-state index in [0.717, 1.165) is 41.9 Å². The van der Waals surface area contributed by atoms with Crippen molar-refractivity contribution in [3.63, 3.8) is 0 Å². The second-order valence-electron chi connectivity index (χ2n) is 5.61. The maximum atomic E-state index is 11.6. The number of carboxylic acid groups (broad SMARTS) is 1. The fourth-order valence-electron chi connectivity index (χ4n) is 2.94. The topological polar surface area (TPSA) is 61.4 Å². The van der Waals surface area contributed by atoms with Gasteiger partial charge in [-0.1, -0.05) is 30.3 Å². The Morgan fingerprint density at radius 3 is 2.77 bits per heavy atom. The van der Waals surface area contributed by atoms with Gasteiger partial charge < -0.3 is 15.7 Å². The average Bonchev–Trinajstić information content (AvgIpc) is 2.55. The fraction of sp³-hybridized carbons (Fsp3) is 0.278. The number of carboxylic acids is 1. The van der Waals surface area contributed by atoms with Crippen LogP contribution in [-0.4, -0.2) is 30.7 Å². The molecule has 0 bridgehead atoms. The molecule has 1 aromatic rings. The molecule has 0 saturated carbocycles. The largest absolute Gasteiger partial charge is 0.478 e. The van der Waals surface area contributed by atoms with E-state index in [0.29, 0.717) is 12.1 Å². The van der Waals surface area contributed by atoms with Crippen molar-refractivity contribution in [3.8, 4) is 0 Å². The molecule has 2 aliphatic rings. The second kappa shape index (κ2) is 6.20. The smallest absolute Gasteiger partial charge is 0.334 e. The summed E-state index contributed by atoms with van der Waals surface area (Å²) in [5.74, 6) is -0.861. The first-order valence-electron chi connectivity index (χ1n) is 7.55. The molecule has 0 aliphatic carbocycles. The zero-order valence-electron chi connectivity index (χ0n) is 12.6. The SMILES string of the molecule is Cc1ccccc1C1=C(C(=O)O)CNC(C2=CCNCC2)=C1. The Kier molecular flexibility index (Phi) is 4.11. The summed E-state index contributed by atoms with van der Waals surface area (Å²) in [6.07, 6.45) is 5.12. The third-order valence-corrected chi connectivity index (χ3v) is 4.17. The van der Waals surface area contributed by atoms with Crippen LogP contribution >= 0.6 is 0 Å². The summed E-state index contributed by atoms with van der Waals surface area (Å²) in [6, 6.07) is 7.93. The van der Waals surface area contributed by atoms with Gasteiger partial charge in [0.25, 0.3) is 0 Å². The normalized spacial score (nSPS) is 18.4. The zero-order valence-corrected chi connectivity index (χ0v) is 12.6. The Morgan fingerprint density at radius 1 is 1.27 bits per heavy atom. The summed E-state index contributed by atoms with van der Waals surface area (Å²) >= 11 is 0. The van der Waals surface area contributed by atoms with E-state index in [1.165, 1.54) is 5.57 Å². The quantitative estimate of drug-likeness (QED) is 0.800. The van der Waals surface area contributed by atoms with Crippen LogP contribution in [0.4, 0.5) is 0 Å². The lowest BCUT2D eigenvalue weighted by atomic mass is 9.91. The fourth-order valence-corrected chi connectivity index (χ4v) is 2.94. The monoisotopic (exact) mass is 296 g/mol. The van der Waals surface area contributed by atoms with Gasteiger partial charge in [0.2, 0.25) is 0 Å². The van der Waals surface area contributed by atoms with Crippen LogP contribution in [0.3, 0.4) is 0 Å². The van der Waals surface area contributed by atoms with Crippen molar-refractivity contribution in [2.24, 2.45) is 0 Å². The Morgan fingerprint density at radius 2 is 2.09 bits per heavy atom. The van der Waals surface area contributed by atoms with Gasteiger partial charge in [0.15, 0.2) is 0 Å². The zero-order chi connectivity index (χ0) is 15.5. The Labute approximate surface area is 130 Å². The molecule has 0 atom stereocenters. The summed E-state index contributed by atoms with van der Waals surface area (Å²) in [5, 5.41) is 16.1. The first-order chi connectivity index (χ1) is 10.7. The van der Waals surface area contributed by atoms with Crippen molar-refractivity contribution in [1.29, 1.82) is 0 Å². The lowest BCUT2D eigenvalue weighted by molar-refractivity contribution is -0.132. The van der Waals surface area contributed by atoms with Crippen LogP contribution < -0.4 is 10.6 Å². The van der Waals surface area contributed by atoms with Crippen LogP contribution in [0.2, 0.25) is 0 Å². The molecule has 22 heavy (non-hydrogen) atoms. The van der Waals surface area contributed by atoms with Crippen LogP contribution in [-0.2, 0) is 4.79 Å². The number of hydrogen-bond donors (Lipinski definition) is 3. The molecule has 0 spiro atoms. The minimum absolute atomic E-state index is 0.357. The molecule has 0 unspecified atom stereocenters. The van der Waals surface area contributed by atoms with Crippen molar-refractivity contribution < 1.29 is 9.90 Å².